The molecule has 0 atom stereocenters. The lowest BCUT2D eigenvalue weighted by Crippen LogP contribution is -2.46. The summed E-state index contributed by atoms with van der Waals surface area (Å²) >= 11 is 0. The minimum atomic E-state index is -0.410. The van der Waals surface area contributed by atoms with Gasteiger partial charge in [-0.2, -0.15) is 0 Å². The molecule has 1 aromatic rings. The van der Waals surface area contributed by atoms with Gasteiger partial charge in [0.15, 0.2) is 0 Å². The fourth-order valence-electron chi connectivity index (χ4n) is 0.858. The Balaban J connectivity index is 2.38. The number of carbonyl (C=O) groups is 1. The summed E-state index contributed by atoms with van der Waals surface area (Å²) in [4.78, 5) is 16.2. The summed E-state index contributed by atoms with van der Waals surface area (Å²) in [6, 6.07) is 8.81. The Hall–Kier alpha value is -1.39. The molecule has 15 heavy (non-hydrogen) atoms. The van der Waals surface area contributed by atoms with Gasteiger partial charge in [0.2, 0.25) is 0 Å². The van der Waals surface area contributed by atoms with E-state index in [-0.39, 0.29) is 5.54 Å². The Morgan fingerprint density at radius 3 is 2.33 bits per heavy atom. The molecule has 0 amide bonds. The molecule has 0 spiro atoms. The second-order valence-corrected chi connectivity index (χ2v) is 4.23. The van der Waals surface area contributed by atoms with E-state index in [1.807, 2.05) is 26.8 Å². The van der Waals surface area contributed by atoms with Crippen molar-refractivity contribution < 1.29 is 9.63 Å². The predicted octanol–water partition coefficient (Wildman–Crippen LogP) is 1.65. The summed E-state index contributed by atoms with van der Waals surface area (Å²) < 4.78 is 0. The van der Waals surface area contributed by atoms with Gasteiger partial charge in [-0.05, 0) is 32.9 Å². The van der Waals surface area contributed by atoms with Crippen LogP contribution < -0.4 is 11.0 Å². The highest BCUT2D eigenvalue weighted by Gasteiger charge is 2.10. The highest BCUT2D eigenvalue weighted by Crippen LogP contribution is 2.00. The Morgan fingerprint density at radius 2 is 1.80 bits per heavy atom. The van der Waals surface area contributed by atoms with E-state index >= 15 is 0 Å². The quantitative estimate of drug-likeness (QED) is 0.742. The van der Waals surface area contributed by atoms with Crippen LogP contribution >= 0.6 is 0 Å². The second-order valence-electron chi connectivity index (χ2n) is 4.23. The topological polar surface area (TPSA) is 50.4 Å². The van der Waals surface area contributed by atoms with Crippen LogP contribution in [0.2, 0.25) is 0 Å². The average molecular weight is 208 g/mol. The van der Waals surface area contributed by atoms with Crippen LogP contribution in [0.1, 0.15) is 31.1 Å². The van der Waals surface area contributed by atoms with Gasteiger partial charge < -0.3 is 4.84 Å². The predicted molar refractivity (Wildman–Crippen MR) is 57.9 cm³/mol. The third-order valence-electron chi connectivity index (χ3n) is 1.58. The van der Waals surface area contributed by atoms with E-state index in [0.717, 1.165) is 0 Å². The molecule has 0 heterocycles. The largest absolute Gasteiger partial charge is 0.357 e. The molecule has 2 N–H and O–H groups in total. The van der Waals surface area contributed by atoms with Crippen LogP contribution in [0.3, 0.4) is 0 Å². The number of benzene rings is 1. The van der Waals surface area contributed by atoms with Crippen molar-refractivity contribution in [3.63, 3.8) is 0 Å². The standard InChI is InChI=1S/C11H16N2O2/c1-11(2,3)12-13-15-10(14)9-7-5-4-6-8-9/h4-8,12-13H,1-3H3. The van der Waals surface area contributed by atoms with Crippen molar-refractivity contribution in [1.82, 2.24) is 11.0 Å². The minimum Gasteiger partial charge on any atom is -0.351 e. The number of hydrazine groups is 1. The Kier molecular flexibility index (Phi) is 3.82. The van der Waals surface area contributed by atoms with E-state index in [1.54, 1.807) is 24.3 Å². The zero-order valence-electron chi connectivity index (χ0n) is 9.20. The number of hydrogen-bond acceptors (Lipinski definition) is 4. The normalized spacial score (nSPS) is 11.1. The van der Waals surface area contributed by atoms with Crippen molar-refractivity contribution in [2.24, 2.45) is 0 Å². The zero-order valence-corrected chi connectivity index (χ0v) is 9.20. The first-order valence-electron chi connectivity index (χ1n) is 4.77. The maximum Gasteiger partial charge on any atom is 0.357 e. The SMILES string of the molecule is CC(C)(C)NNOC(=O)c1ccccc1. The van der Waals surface area contributed by atoms with E-state index in [1.165, 1.54) is 0 Å². The lowest BCUT2D eigenvalue weighted by atomic mass is 10.1. The third-order valence-corrected chi connectivity index (χ3v) is 1.58. The monoisotopic (exact) mass is 208 g/mol. The summed E-state index contributed by atoms with van der Waals surface area (Å²) in [6.45, 7) is 5.86. The van der Waals surface area contributed by atoms with Crippen molar-refractivity contribution >= 4 is 5.97 Å². The minimum absolute atomic E-state index is 0.156. The van der Waals surface area contributed by atoms with Gasteiger partial charge in [0.25, 0.3) is 0 Å². The molecule has 1 rings (SSSR count). The lowest BCUT2D eigenvalue weighted by molar-refractivity contribution is 0.00449. The van der Waals surface area contributed by atoms with Crippen LogP contribution in [0, 0.1) is 0 Å². The molecule has 0 radical (unpaired) electrons. The van der Waals surface area contributed by atoms with Gasteiger partial charge in [-0.3, -0.25) is 0 Å². The summed E-state index contributed by atoms with van der Waals surface area (Å²) in [7, 11) is 0. The van der Waals surface area contributed by atoms with Gasteiger partial charge in [-0.25, -0.2) is 10.2 Å². The molecular formula is C11H16N2O2. The van der Waals surface area contributed by atoms with Crippen molar-refractivity contribution in [3.8, 4) is 0 Å². The fraction of sp³-hybridized carbons (Fsp3) is 0.364. The first-order chi connectivity index (χ1) is 6.99. The number of carbonyl (C=O) groups excluding carboxylic acids is 1. The number of rotatable bonds is 3. The van der Waals surface area contributed by atoms with Crippen molar-refractivity contribution in [2.45, 2.75) is 26.3 Å². The zero-order chi connectivity index (χ0) is 11.3. The van der Waals surface area contributed by atoms with Crippen LogP contribution in [0.5, 0.6) is 0 Å². The second kappa shape index (κ2) is 4.91. The van der Waals surface area contributed by atoms with E-state index in [2.05, 4.69) is 11.0 Å². The van der Waals surface area contributed by atoms with Gasteiger partial charge in [-0.15, -0.1) is 0 Å². The van der Waals surface area contributed by atoms with Crippen molar-refractivity contribution in [2.75, 3.05) is 0 Å². The lowest BCUT2D eigenvalue weighted by Gasteiger charge is -2.20. The van der Waals surface area contributed by atoms with Crippen LogP contribution in [0.4, 0.5) is 0 Å². The van der Waals surface area contributed by atoms with Gasteiger partial charge in [0, 0.05) is 5.54 Å². The molecule has 1 aromatic carbocycles. The molecule has 0 aliphatic carbocycles. The van der Waals surface area contributed by atoms with E-state index < -0.39 is 5.97 Å². The molecule has 0 aliphatic heterocycles. The molecule has 0 unspecified atom stereocenters. The van der Waals surface area contributed by atoms with Gasteiger partial charge >= 0.3 is 5.97 Å². The first-order valence-corrected chi connectivity index (χ1v) is 4.77. The van der Waals surface area contributed by atoms with Gasteiger partial charge in [0.05, 0.1) is 5.56 Å². The van der Waals surface area contributed by atoms with Gasteiger partial charge in [0.1, 0.15) is 0 Å². The van der Waals surface area contributed by atoms with Crippen LogP contribution in [0.25, 0.3) is 0 Å². The highest BCUT2D eigenvalue weighted by molar-refractivity contribution is 5.89. The Labute approximate surface area is 89.6 Å². The van der Waals surface area contributed by atoms with Gasteiger partial charge in [-0.1, -0.05) is 23.8 Å². The first kappa shape index (κ1) is 11.7. The Morgan fingerprint density at radius 1 is 1.20 bits per heavy atom. The molecular weight excluding hydrogens is 192 g/mol. The number of hydrogen-bond donors (Lipinski definition) is 2. The van der Waals surface area contributed by atoms with Crippen molar-refractivity contribution in [3.05, 3.63) is 35.9 Å². The highest BCUT2D eigenvalue weighted by atomic mass is 16.7. The summed E-state index contributed by atoms with van der Waals surface area (Å²) in [6.07, 6.45) is 0. The molecule has 0 saturated carbocycles. The summed E-state index contributed by atoms with van der Waals surface area (Å²) in [5.74, 6) is -0.410. The van der Waals surface area contributed by atoms with E-state index in [0.29, 0.717) is 5.56 Å². The maximum absolute atomic E-state index is 11.4. The molecule has 0 aliphatic rings. The molecule has 0 bridgehead atoms. The van der Waals surface area contributed by atoms with Crippen LogP contribution in [0.15, 0.2) is 30.3 Å². The average Bonchev–Trinajstić information content (AvgIpc) is 2.17. The molecule has 0 saturated heterocycles. The van der Waals surface area contributed by atoms with E-state index in [9.17, 15) is 4.79 Å². The molecule has 0 aromatic heterocycles. The number of nitrogens with one attached hydrogen (secondary N) is 2. The fourth-order valence-corrected chi connectivity index (χ4v) is 0.858. The van der Waals surface area contributed by atoms with Crippen molar-refractivity contribution in [1.29, 1.82) is 0 Å². The van der Waals surface area contributed by atoms with Crippen LogP contribution in [-0.2, 0) is 4.84 Å². The van der Waals surface area contributed by atoms with E-state index in [4.69, 9.17) is 4.84 Å². The molecule has 82 valence electrons. The molecule has 4 heteroatoms. The van der Waals surface area contributed by atoms with Crippen LogP contribution in [-0.4, -0.2) is 11.5 Å². The smallest absolute Gasteiger partial charge is 0.351 e. The molecule has 0 fully saturated rings. The molecule has 4 nitrogen and oxygen atoms in total. The summed E-state index contributed by atoms with van der Waals surface area (Å²) in [5.41, 5.74) is 5.61. The summed E-state index contributed by atoms with van der Waals surface area (Å²) in [5, 5.41) is 0. The Bertz CT molecular complexity index is 317. The third kappa shape index (κ3) is 4.58. The maximum atomic E-state index is 11.4.